The van der Waals surface area contributed by atoms with Crippen molar-refractivity contribution in [2.24, 2.45) is 0 Å². The summed E-state index contributed by atoms with van der Waals surface area (Å²) in [5.41, 5.74) is 1.28. The van der Waals surface area contributed by atoms with E-state index in [0.717, 1.165) is 4.90 Å². The fourth-order valence-electron chi connectivity index (χ4n) is 2.63. The molecule has 2 amide bonds. The standard InChI is InChI=1S/C22H22N2O4S2/c1-14(21(25)24-16-10-17(27-2)13-18(11-16)28-3)30-19-7-4-6-15(12-19)23-22(26)20-8-5-9-29-20/h4-14H,1-3H3,(H,23,26)(H,24,25). The van der Waals surface area contributed by atoms with E-state index in [1.165, 1.54) is 23.1 Å². The Hall–Kier alpha value is -2.97. The van der Waals surface area contributed by atoms with Crippen LogP contribution >= 0.6 is 23.1 Å². The van der Waals surface area contributed by atoms with E-state index < -0.39 is 0 Å². The Morgan fingerprint density at radius 2 is 1.67 bits per heavy atom. The summed E-state index contributed by atoms with van der Waals surface area (Å²) in [7, 11) is 3.12. The lowest BCUT2D eigenvalue weighted by molar-refractivity contribution is -0.115. The average Bonchev–Trinajstić information content (AvgIpc) is 3.28. The van der Waals surface area contributed by atoms with E-state index in [0.29, 0.717) is 27.8 Å². The van der Waals surface area contributed by atoms with Crippen LogP contribution in [-0.4, -0.2) is 31.3 Å². The Bertz CT molecular complexity index is 999. The second-order valence-electron chi connectivity index (χ2n) is 6.31. The highest BCUT2D eigenvalue weighted by Gasteiger charge is 2.16. The minimum atomic E-state index is -0.356. The molecule has 2 aromatic carbocycles. The molecule has 6 nitrogen and oxygen atoms in total. The minimum absolute atomic E-state index is 0.148. The van der Waals surface area contributed by atoms with Crippen LogP contribution in [0.2, 0.25) is 0 Å². The van der Waals surface area contributed by atoms with E-state index in [9.17, 15) is 9.59 Å². The maximum absolute atomic E-state index is 12.7. The molecule has 0 aliphatic heterocycles. The van der Waals surface area contributed by atoms with E-state index in [1.807, 2.05) is 42.6 Å². The topological polar surface area (TPSA) is 76.7 Å². The number of nitrogens with one attached hydrogen (secondary N) is 2. The summed E-state index contributed by atoms with van der Waals surface area (Å²) in [5, 5.41) is 7.28. The van der Waals surface area contributed by atoms with Crippen molar-refractivity contribution >= 4 is 46.3 Å². The summed E-state index contributed by atoms with van der Waals surface area (Å²) in [5.74, 6) is 0.895. The number of thiophene rings is 1. The molecule has 30 heavy (non-hydrogen) atoms. The van der Waals surface area contributed by atoms with Crippen LogP contribution in [0.3, 0.4) is 0 Å². The van der Waals surface area contributed by atoms with Crippen molar-refractivity contribution < 1.29 is 19.1 Å². The number of methoxy groups -OCH3 is 2. The molecule has 2 N–H and O–H groups in total. The zero-order valence-corrected chi connectivity index (χ0v) is 18.4. The van der Waals surface area contributed by atoms with Gasteiger partial charge in [-0.05, 0) is 36.6 Å². The van der Waals surface area contributed by atoms with Crippen LogP contribution in [-0.2, 0) is 4.79 Å². The van der Waals surface area contributed by atoms with Gasteiger partial charge in [0, 0.05) is 34.5 Å². The number of carbonyl (C=O) groups excluding carboxylic acids is 2. The predicted octanol–water partition coefficient (Wildman–Crippen LogP) is 5.14. The Labute approximate surface area is 183 Å². The normalized spacial score (nSPS) is 11.4. The van der Waals surface area contributed by atoms with Crippen LogP contribution in [0.1, 0.15) is 16.6 Å². The SMILES string of the molecule is COc1cc(NC(=O)C(C)Sc2cccc(NC(=O)c3cccs3)c2)cc(OC)c1. The number of hydrogen-bond donors (Lipinski definition) is 2. The molecule has 3 rings (SSSR count). The average molecular weight is 443 g/mol. The monoisotopic (exact) mass is 442 g/mol. The van der Waals surface area contributed by atoms with E-state index in [4.69, 9.17) is 9.47 Å². The lowest BCUT2D eigenvalue weighted by atomic mass is 10.2. The fourth-order valence-corrected chi connectivity index (χ4v) is 4.17. The van der Waals surface area contributed by atoms with Gasteiger partial charge in [-0.25, -0.2) is 0 Å². The van der Waals surface area contributed by atoms with Crippen molar-refractivity contribution in [3.8, 4) is 11.5 Å². The van der Waals surface area contributed by atoms with Gasteiger partial charge in [0.15, 0.2) is 0 Å². The lowest BCUT2D eigenvalue weighted by Crippen LogP contribution is -2.22. The Balaban J connectivity index is 1.63. The third-order valence-electron chi connectivity index (χ3n) is 4.14. The van der Waals surface area contributed by atoms with Crippen LogP contribution in [0.5, 0.6) is 11.5 Å². The fraction of sp³-hybridized carbons (Fsp3) is 0.182. The predicted molar refractivity (Wildman–Crippen MR) is 122 cm³/mol. The first-order valence-corrected chi connectivity index (χ1v) is 10.9. The van der Waals surface area contributed by atoms with Crippen LogP contribution in [0, 0.1) is 0 Å². The maximum atomic E-state index is 12.7. The number of thioether (sulfide) groups is 1. The number of anilines is 2. The van der Waals surface area contributed by atoms with Gasteiger partial charge in [0.1, 0.15) is 11.5 Å². The molecular weight excluding hydrogens is 420 g/mol. The van der Waals surface area contributed by atoms with Gasteiger partial charge in [-0.3, -0.25) is 9.59 Å². The smallest absolute Gasteiger partial charge is 0.265 e. The molecule has 0 fully saturated rings. The molecule has 1 heterocycles. The van der Waals surface area contributed by atoms with Crippen molar-refractivity contribution in [2.45, 2.75) is 17.1 Å². The van der Waals surface area contributed by atoms with E-state index >= 15 is 0 Å². The van der Waals surface area contributed by atoms with Crippen LogP contribution in [0.25, 0.3) is 0 Å². The number of carbonyl (C=O) groups is 2. The largest absolute Gasteiger partial charge is 0.497 e. The van der Waals surface area contributed by atoms with E-state index in [2.05, 4.69) is 10.6 Å². The molecule has 156 valence electrons. The number of benzene rings is 2. The summed E-state index contributed by atoms with van der Waals surface area (Å²) < 4.78 is 10.5. The molecule has 0 spiro atoms. The van der Waals surface area contributed by atoms with Crippen LogP contribution < -0.4 is 20.1 Å². The van der Waals surface area contributed by atoms with Crippen LogP contribution in [0.4, 0.5) is 11.4 Å². The molecule has 0 aliphatic rings. The molecule has 0 aliphatic carbocycles. The second kappa shape index (κ2) is 10.2. The molecule has 1 aromatic heterocycles. The maximum Gasteiger partial charge on any atom is 0.265 e. The molecule has 1 unspecified atom stereocenters. The number of rotatable bonds is 8. The molecular formula is C22H22N2O4S2. The third kappa shape index (κ3) is 5.77. The molecule has 0 bridgehead atoms. The summed E-state index contributed by atoms with van der Waals surface area (Å²) in [6.45, 7) is 1.83. The zero-order chi connectivity index (χ0) is 21.5. The van der Waals surface area contributed by atoms with Gasteiger partial charge >= 0.3 is 0 Å². The van der Waals surface area contributed by atoms with E-state index in [1.54, 1.807) is 38.5 Å². The first kappa shape index (κ1) is 21.7. The van der Waals surface area contributed by atoms with Crippen molar-refractivity contribution in [3.05, 3.63) is 64.9 Å². The molecule has 0 saturated heterocycles. The van der Waals surface area contributed by atoms with Crippen molar-refractivity contribution in [1.82, 2.24) is 0 Å². The summed E-state index contributed by atoms with van der Waals surface area (Å²) in [4.78, 5) is 26.4. The number of amides is 2. The quantitative estimate of drug-likeness (QED) is 0.473. The Kier molecular flexibility index (Phi) is 7.37. The van der Waals surface area contributed by atoms with E-state index in [-0.39, 0.29) is 17.1 Å². The Morgan fingerprint density at radius 3 is 2.30 bits per heavy atom. The lowest BCUT2D eigenvalue weighted by Gasteiger charge is -2.14. The van der Waals surface area contributed by atoms with Crippen molar-refractivity contribution in [2.75, 3.05) is 24.9 Å². The molecule has 1 atom stereocenters. The van der Waals surface area contributed by atoms with Gasteiger partial charge in [0.25, 0.3) is 5.91 Å². The van der Waals surface area contributed by atoms with Gasteiger partial charge in [-0.15, -0.1) is 23.1 Å². The minimum Gasteiger partial charge on any atom is -0.497 e. The first-order valence-electron chi connectivity index (χ1n) is 9.14. The van der Waals surface area contributed by atoms with Crippen molar-refractivity contribution in [3.63, 3.8) is 0 Å². The number of ether oxygens (including phenoxy) is 2. The Morgan fingerprint density at radius 1 is 0.933 bits per heavy atom. The highest BCUT2D eigenvalue weighted by atomic mass is 32.2. The van der Waals surface area contributed by atoms with Gasteiger partial charge in [-0.2, -0.15) is 0 Å². The molecule has 0 saturated carbocycles. The zero-order valence-electron chi connectivity index (χ0n) is 16.8. The van der Waals surface area contributed by atoms with Gasteiger partial charge in [0.2, 0.25) is 5.91 Å². The second-order valence-corrected chi connectivity index (χ2v) is 8.67. The molecule has 3 aromatic rings. The first-order chi connectivity index (χ1) is 14.5. The molecule has 0 radical (unpaired) electrons. The molecule has 8 heteroatoms. The summed E-state index contributed by atoms with van der Waals surface area (Å²) >= 11 is 2.79. The summed E-state index contributed by atoms with van der Waals surface area (Å²) in [6.07, 6.45) is 0. The van der Waals surface area contributed by atoms with Gasteiger partial charge < -0.3 is 20.1 Å². The van der Waals surface area contributed by atoms with Crippen LogP contribution in [0.15, 0.2) is 64.9 Å². The van der Waals surface area contributed by atoms with Crippen molar-refractivity contribution in [1.29, 1.82) is 0 Å². The number of hydrogen-bond acceptors (Lipinski definition) is 6. The summed E-state index contributed by atoms with van der Waals surface area (Å²) in [6, 6.07) is 16.3. The highest BCUT2D eigenvalue weighted by Crippen LogP contribution is 2.29. The van der Waals surface area contributed by atoms with Gasteiger partial charge in [-0.1, -0.05) is 12.1 Å². The highest BCUT2D eigenvalue weighted by molar-refractivity contribution is 8.00. The van der Waals surface area contributed by atoms with Gasteiger partial charge in [0.05, 0.1) is 24.3 Å². The third-order valence-corrected chi connectivity index (χ3v) is 6.10.